The fourth-order valence-electron chi connectivity index (χ4n) is 2.30. The van der Waals surface area contributed by atoms with Crippen molar-refractivity contribution in [1.29, 1.82) is 0 Å². The number of rotatable bonds is 3. The van der Waals surface area contributed by atoms with E-state index in [1.807, 2.05) is 12.1 Å². The van der Waals surface area contributed by atoms with Gasteiger partial charge in [-0.1, -0.05) is 0 Å². The van der Waals surface area contributed by atoms with Crippen molar-refractivity contribution in [3.63, 3.8) is 0 Å². The second-order valence-corrected chi connectivity index (χ2v) is 4.48. The summed E-state index contributed by atoms with van der Waals surface area (Å²) in [6, 6.07) is 9.72. The maximum Gasteiger partial charge on any atom is 0.206 e. The lowest BCUT2D eigenvalue weighted by atomic mass is 10.2. The number of nitrogen functional groups attached to an aromatic ring is 1. The molecule has 0 bridgehead atoms. The number of anilines is 1. The van der Waals surface area contributed by atoms with Gasteiger partial charge >= 0.3 is 0 Å². The van der Waals surface area contributed by atoms with Gasteiger partial charge in [-0.15, -0.1) is 0 Å². The van der Waals surface area contributed by atoms with Crippen molar-refractivity contribution in [2.24, 2.45) is 0 Å². The number of imidazole rings is 1. The Labute approximate surface area is 120 Å². The minimum atomic E-state index is -0.375. The van der Waals surface area contributed by atoms with E-state index in [1.54, 1.807) is 23.8 Å². The molecule has 3 rings (SSSR count). The molecule has 0 saturated carbocycles. The molecule has 0 atom stereocenters. The van der Waals surface area contributed by atoms with Crippen LogP contribution in [-0.2, 0) is 0 Å². The van der Waals surface area contributed by atoms with Crippen molar-refractivity contribution in [2.75, 3.05) is 20.0 Å². The highest BCUT2D eigenvalue weighted by molar-refractivity contribution is 5.82. The molecule has 3 aromatic rings. The number of fused-ring (bicyclic) bond motifs is 1. The van der Waals surface area contributed by atoms with Crippen LogP contribution >= 0.6 is 0 Å². The van der Waals surface area contributed by atoms with Crippen molar-refractivity contribution in [3.8, 4) is 17.2 Å². The predicted molar refractivity (Wildman–Crippen MR) is 78.5 cm³/mol. The minimum Gasteiger partial charge on any atom is -0.497 e. The third-order valence-corrected chi connectivity index (χ3v) is 3.27. The van der Waals surface area contributed by atoms with Gasteiger partial charge in [0.25, 0.3) is 0 Å². The molecule has 1 heterocycles. The third-order valence-electron chi connectivity index (χ3n) is 3.27. The first-order valence-corrected chi connectivity index (χ1v) is 6.30. The Morgan fingerprint density at radius 1 is 1.10 bits per heavy atom. The van der Waals surface area contributed by atoms with Gasteiger partial charge in [0.1, 0.15) is 17.3 Å². The number of halogens is 1. The summed E-state index contributed by atoms with van der Waals surface area (Å²) in [4.78, 5) is 4.31. The Bertz CT molecular complexity index is 814. The molecule has 0 amide bonds. The summed E-state index contributed by atoms with van der Waals surface area (Å²) in [7, 11) is 3.07. The maximum absolute atomic E-state index is 13.3. The molecule has 1 aromatic heterocycles. The molecule has 5 nitrogen and oxygen atoms in total. The van der Waals surface area contributed by atoms with E-state index >= 15 is 0 Å². The summed E-state index contributed by atoms with van der Waals surface area (Å²) in [6.07, 6.45) is 0. The zero-order valence-corrected chi connectivity index (χ0v) is 11.6. The lowest BCUT2D eigenvalue weighted by Gasteiger charge is -2.11. The van der Waals surface area contributed by atoms with Crippen LogP contribution in [0.5, 0.6) is 11.5 Å². The minimum absolute atomic E-state index is 0.295. The molecule has 0 radical (unpaired) electrons. The van der Waals surface area contributed by atoms with Gasteiger partial charge in [-0.25, -0.2) is 9.37 Å². The van der Waals surface area contributed by atoms with E-state index in [0.717, 1.165) is 5.52 Å². The summed E-state index contributed by atoms with van der Waals surface area (Å²) < 4.78 is 25.5. The molecule has 0 aliphatic carbocycles. The second kappa shape index (κ2) is 4.97. The van der Waals surface area contributed by atoms with Crippen LogP contribution in [0, 0.1) is 5.82 Å². The molecule has 0 aliphatic heterocycles. The van der Waals surface area contributed by atoms with Gasteiger partial charge in [0.05, 0.1) is 30.9 Å². The summed E-state index contributed by atoms with van der Waals surface area (Å²) in [5, 5.41) is 0. The molecule has 0 aliphatic rings. The predicted octanol–water partition coefficient (Wildman–Crippen LogP) is 2.76. The van der Waals surface area contributed by atoms with Crippen LogP contribution in [0.1, 0.15) is 0 Å². The molecule has 108 valence electrons. The monoisotopic (exact) mass is 287 g/mol. The lowest BCUT2D eigenvalue weighted by Crippen LogP contribution is -2.03. The number of hydrogen-bond donors (Lipinski definition) is 1. The fraction of sp³-hybridized carbons (Fsp3) is 0.133. The number of aromatic nitrogens is 2. The number of hydrogen-bond acceptors (Lipinski definition) is 4. The molecular formula is C15H14FN3O2. The Morgan fingerprint density at radius 2 is 1.90 bits per heavy atom. The van der Waals surface area contributed by atoms with Crippen LogP contribution in [0.25, 0.3) is 16.7 Å². The van der Waals surface area contributed by atoms with Crippen LogP contribution in [0.15, 0.2) is 36.4 Å². The number of benzene rings is 2. The van der Waals surface area contributed by atoms with Crippen LogP contribution in [0.2, 0.25) is 0 Å². The van der Waals surface area contributed by atoms with E-state index in [9.17, 15) is 4.39 Å². The van der Waals surface area contributed by atoms with Crippen LogP contribution in [0.3, 0.4) is 0 Å². The molecule has 0 saturated heterocycles. The molecule has 0 spiro atoms. The van der Waals surface area contributed by atoms with Crippen molar-refractivity contribution in [2.45, 2.75) is 0 Å². The third kappa shape index (κ3) is 2.14. The zero-order valence-electron chi connectivity index (χ0n) is 11.6. The highest BCUT2D eigenvalue weighted by Gasteiger charge is 2.15. The van der Waals surface area contributed by atoms with E-state index < -0.39 is 0 Å². The summed E-state index contributed by atoms with van der Waals surface area (Å²) in [5.74, 6) is 0.999. The molecular weight excluding hydrogens is 273 g/mol. The molecule has 2 N–H and O–H groups in total. The van der Waals surface area contributed by atoms with Gasteiger partial charge < -0.3 is 15.2 Å². The van der Waals surface area contributed by atoms with Gasteiger partial charge in [-0.05, 0) is 24.3 Å². The summed E-state index contributed by atoms with van der Waals surface area (Å²) in [6.45, 7) is 0. The Balaban J connectivity index is 2.27. The van der Waals surface area contributed by atoms with E-state index in [1.165, 1.54) is 19.2 Å². The van der Waals surface area contributed by atoms with Crippen molar-refractivity contribution in [3.05, 3.63) is 42.2 Å². The average Bonchev–Trinajstić information content (AvgIpc) is 2.82. The highest BCUT2D eigenvalue weighted by Crippen LogP contribution is 2.31. The van der Waals surface area contributed by atoms with Gasteiger partial charge in [-0.2, -0.15) is 0 Å². The van der Waals surface area contributed by atoms with Gasteiger partial charge in [0.15, 0.2) is 0 Å². The number of ether oxygens (including phenoxy) is 2. The molecule has 21 heavy (non-hydrogen) atoms. The molecule has 6 heteroatoms. The van der Waals surface area contributed by atoms with E-state index in [0.29, 0.717) is 28.7 Å². The maximum atomic E-state index is 13.3. The average molecular weight is 287 g/mol. The molecule has 0 fully saturated rings. The Kier molecular flexibility index (Phi) is 3.13. The summed E-state index contributed by atoms with van der Waals surface area (Å²) in [5.41, 5.74) is 8.11. The second-order valence-electron chi connectivity index (χ2n) is 4.48. The fourth-order valence-corrected chi connectivity index (χ4v) is 2.30. The largest absolute Gasteiger partial charge is 0.497 e. The van der Waals surface area contributed by atoms with Crippen molar-refractivity contribution in [1.82, 2.24) is 9.55 Å². The first-order chi connectivity index (χ1) is 10.1. The molecule has 2 aromatic carbocycles. The number of nitrogens with two attached hydrogens (primary N) is 1. The van der Waals surface area contributed by atoms with Gasteiger partial charge in [0, 0.05) is 12.1 Å². The van der Waals surface area contributed by atoms with Gasteiger partial charge in [-0.3, -0.25) is 4.57 Å². The normalized spacial score (nSPS) is 10.8. The van der Waals surface area contributed by atoms with Gasteiger partial charge in [0.2, 0.25) is 5.95 Å². The summed E-state index contributed by atoms with van der Waals surface area (Å²) >= 11 is 0. The van der Waals surface area contributed by atoms with Crippen molar-refractivity contribution < 1.29 is 13.9 Å². The topological polar surface area (TPSA) is 62.3 Å². The van der Waals surface area contributed by atoms with E-state index in [4.69, 9.17) is 15.2 Å². The standard InChI is InChI=1S/C15H14FN3O2/c1-20-10-4-6-12-11(8-10)18-15(17)19(12)13-5-3-9(16)7-14(13)21-2/h3-8H,1-2H3,(H2,17,18). The van der Waals surface area contributed by atoms with Crippen LogP contribution < -0.4 is 15.2 Å². The zero-order chi connectivity index (χ0) is 15.0. The Morgan fingerprint density at radius 3 is 2.62 bits per heavy atom. The quantitative estimate of drug-likeness (QED) is 0.804. The van der Waals surface area contributed by atoms with Crippen LogP contribution in [0.4, 0.5) is 10.3 Å². The lowest BCUT2D eigenvalue weighted by molar-refractivity contribution is 0.409. The number of methoxy groups -OCH3 is 2. The first-order valence-electron chi connectivity index (χ1n) is 6.30. The Hall–Kier alpha value is -2.76. The first kappa shape index (κ1) is 13.2. The van der Waals surface area contributed by atoms with E-state index in [2.05, 4.69) is 4.98 Å². The highest BCUT2D eigenvalue weighted by atomic mass is 19.1. The molecule has 0 unspecified atom stereocenters. The number of nitrogens with zero attached hydrogens (tertiary/aromatic N) is 2. The SMILES string of the molecule is COc1ccc2c(c1)nc(N)n2-c1ccc(F)cc1OC. The van der Waals surface area contributed by atoms with E-state index in [-0.39, 0.29) is 5.82 Å². The van der Waals surface area contributed by atoms with Crippen molar-refractivity contribution >= 4 is 17.0 Å². The van der Waals surface area contributed by atoms with Crippen LogP contribution in [-0.4, -0.2) is 23.8 Å². The smallest absolute Gasteiger partial charge is 0.206 e.